The summed E-state index contributed by atoms with van der Waals surface area (Å²) in [4.78, 5) is 12.0. The van der Waals surface area contributed by atoms with Crippen LogP contribution in [0.15, 0.2) is 29.5 Å². The molecule has 1 aliphatic heterocycles. The van der Waals surface area contributed by atoms with Crippen molar-refractivity contribution in [3.8, 4) is 6.07 Å². The van der Waals surface area contributed by atoms with Crippen molar-refractivity contribution >= 4 is 17.5 Å². The predicted octanol–water partition coefficient (Wildman–Crippen LogP) is 3.91. The zero-order chi connectivity index (χ0) is 15.8. The van der Waals surface area contributed by atoms with Crippen molar-refractivity contribution < 1.29 is 9.18 Å². The van der Waals surface area contributed by atoms with E-state index in [1.54, 1.807) is 6.07 Å². The normalized spacial score (nSPS) is 19.2. The zero-order valence-corrected chi connectivity index (χ0v) is 12.9. The van der Waals surface area contributed by atoms with Crippen LogP contribution < -0.4 is 5.32 Å². The topological polar surface area (TPSA) is 52.9 Å². The summed E-state index contributed by atoms with van der Waals surface area (Å²) in [6.07, 6.45) is 0.0170. The lowest BCUT2D eigenvalue weighted by atomic mass is 9.78. The van der Waals surface area contributed by atoms with Crippen LogP contribution in [0.3, 0.4) is 0 Å². The minimum Gasteiger partial charge on any atom is -0.328 e. The van der Waals surface area contributed by atoms with E-state index in [1.165, 1.54) is 12.1 Å². The van der Waals surface area contributed by atoms with Crippen LogP contribution in [0.2, 0.25) is 5.02 Å². The molecule has 1 amide bonds. The molecule has 110 valence electrons. The maximum absolute atomic E-state index is 14.1. The van der Waals surface area contributed by atoms with Gasteiger partial charge >= 0.3 is 0 Å². The van der Waals surface area contributed by atoms with Gasteiger partial charge in [0.05, 0.1) is 11.6 Å². The lowest BCUT2D eigenvalue weighted by molar-refractivity contribution is -0.121. The molecule has 21 heavy (non-hydrogen) atoms. The van der Waals surface area contributed by atoms with Gasteiger partial charge in [0.2, 0.25) is 5.91 Å². The summed E-state index contributed by atoms with van der Waals surface area (Å²) in [6, 6.07) is 6.49. The summed E-state index contributed by atoms with van der Waals surface area (Å²) < 4.78 is 14.1. The van der Waals surface area contributed by atoms with Crippen LogP contribution >= 0.6 is 11.6 Å². The first-order valence-electron chi connectivity index (χ1n) is 6.64. The Labute approximate surface area is 128 Å². The van der Waals surface area contributed by atoms with Crippen molar-refractivity contribution in [1.29, 1.82) is 5.26 Å². The first kappa shape index (κ1) is 15.5. The average molecular weight is 307 g/mol. The third-order valence-corrected chi connectivity index (χ3v) is 3.82. The van der Waals surface area contributed by atoms with E-state index in [0.717, 1.165) is 0 Å². The van der Waals surface area contributed by atoms with Crippen LogP contribution in [-0.2, 0) is 4.79 Å². The molecular formula is C16H16ClFN2O. The highest BCUT2D eigenvalue weighted by Gasteiger charge is 2.36. The summed E-state index contributed by atoms with van der Waals surface area (Å²) >= 11 is 6.09. The minimum atomic E-state index is -0.647. The van der Waals surface area contributed by atoms with Crippen LogP contribution in [0, 0.1) is 22.6 Å². The monoisotopic (exact) mass is 306 g/mol. The molecule has 0 saturated heterocycles. The van der Waals surface area contributed by atoms with E-state index in [1.807, 2.05) is 20.8 Å². The SMILES string of the molecule is CC(C)(C)C1=C(C#N)[C@@H](c2c(F)cccc2Cl)CC(=O)N1. The molecule has 1 atom stereocenters. The van der Waals surface area contributed by atoms with E-state index >= 15 is 0 Å². The van der Waals surface area contributed by atoms with E-state index < -0.39 is 17.2 Å². The number of nitriles is 1. The molecule has 0 saturated carbocycles. The van der Waals surface area contributed by atoms with Gasteiger partial charge in [-0.25, -0.2) is 4.39 Å². The molecule has 1 aromatic carbocycles. The molecule has 2 rings (SSSR count). The number of allylic oxidation sites excluding steroid dienone is 2. The highest BCUT2D eigenvalue weighted by Crippen LogP contribution is 2.41. The number of carbonyl (C=O) groups is 1. The lowest BCUT2D eigenvalue weighted by Gasteiger charge is -2.32. The zero-order valence-electron chi connectivity index (χ0n) is 12.1. The van der Waals surface area contributed by atoms with Crippen LogP contribution in [0.4, 0.5) is 4.39 Å². The molecule has 1 N–H and O–H groups in total. The molecule has 1 aliphatic rings. The fourth-order valence-electron chi connectivity index (χ4n) is 2.53. The van der Waals surface area contributed by atoms with Crippen LogP contribution in [-0.4, -0.2) is 5.91 Å². The van der Waals surface area contributed by atoms with Gasteiger partial charge in [-0.3, -0.25) is 4.79 Å². The molecule has 0 spiro atoms. The van der Waals surface area contributed by atoms with Crippen molar-refractivity contribution in [2.24, 2.45) is 5.41 Å². The summed E-state index contributed by atoms with van der Waals surface area (Å²) in [5.41, 5.74) is 0.698. The van der Waals surface area contributed by atoms with Gasteiger partial charge in [0, 0.05) is 34.0 Å². The second kappa shape index (κ2) is 5.50. The van der Waals surface area contributed by atoms with E-state index in [9.17, 15) is 14.4 Å². The van der Waals surface area contributed by atoms with Crippen LogP contribution in [0.5, 0.6) is 0 Å². The summed E-state index contributed by atoms with van der Waals surface area (Å²) in [6.45, 7) is 5.68. The van der Waals surface area contributed by atoms with Crippen LogP contribution in [0.1, 0.15) is 38.7 Å². The van der Waals surface area contributed by atoms with E-state index in [2.05, 4.69) is 11.4 Å². The summed E-state index contributed by atoms with van der Waals surface area (Å²) in [5.74, 6) is -1.38. The molecular weight excluding hydrogens is 291 g/mol. The Bertz CT molecular complexity index is 648. The molecule has 0 radical (unpaired) electrons. The van der Waals surface area contributed by atoms with Gasteiger partial charge in [-0.2, -0.15) is 5.26 Å². The molecule has 0 aromatic heterocycles. The second-order valence-electron chi connectivity index (χ2n) is 6.09. The predicted molar refractivity (Wildman–Crippen MR) is 79.0 cm³/mol. The number of halogens is 2. The van der Waals surface area contributed by atoms with Gasteiger partial charge in [0.1, 0.15) is 5.82 Å². The molecule has 0 fully saturated rings. The van der Waals surface area contributed by atoms with E-state index in [4.69, 9.17) is 11.6 Å². The molecule has 0 aliphatic carbocycles. The van der Waals surface area contributed by atoms with Gasteiger partial charge in [-0.05, 0) is 12.1 Å². The van der Waals surface area contributed by atoms with E-state index in [0.29, 0.717) is 11.3 Å². The lowest BCUT2D eigenvalue weighted by Crippen LogP contribution is -2.37. The Morgan fingerprint density at radius 2 is 2.10 bits per heavy atom. The fourth-order valence-corrected chi connectivity index (χ4v) is 2.83. The molecule has 1 aromatic rings. The average Bonchev–Trinajstić information content (AvgIpc) is 2.37. The number of nitrogens with one attached hydrogen (secondary N) is 1. The van der Waals surface area contributed by atoms with Gasteiger partial charge in [-0.1, -0.05) is 38.4 Å². The van der Waals surface area contributed by atoms with Crippen molar-refractivity contribution in [3.05, 3.63) is 45.9 Å². The van der Waals surface area contributed by atoms with Gasteiger partial charge in [-0.15, -0.1) is 0 Å². The Balaban J connectivity index is 2.68. The van der Waals surface area contributed by atoms with Crippen molar-refractivity contribution in [2.45, 2.75) is 33.1 Å². The van der Waals surface area contributed by atoms with Gasteiger partial charge in [0.25, 0.3) is 0 Å². The third kappa shape index (κ3) is 2.93. The molecule has 5 heteroatoms. The van der Waals surface area contributed by atoms with E-state index in [-0.39, 0.29) is 22.9 Å². The number of hydrogen-bond donors (Lipinski definition) is 1. The number of nitrogens with zero attached hydrogens (tertiary/aromatic N) is 1. The Kier molecular flexibility index (Phi) is 4.06. The molecule has 0 unspecified atom stereocenters. The quantitative estimate of drug-likeness (QED) is 0.855. The van der Waals surface area contributed by atoms with Crippen molar-refractivity contribution in [1.82, 2.24) is 5.32 Å². The molecule has 3 nitrogen and oxygen atoms in total. The standard InChI is InChI=1S/C16H16ClFN2O/c1-16(2,3)15-10(8-19)9(7-13(21)20-15)14-11(17)5-4-6-12(14)18/h4-6,9H,7H2,1-3H3,(H,20,21)/t9-/m0/s1. The maximum Gasteiger partial charge on any atom is 0.225 e. The Morgan fingerprint density at radius 3 is 2.62 bits per heavy atom. The molecule has 0 bridgehead atoms. The first-order chi connectivity index (χ1) is 9.75. The third-order valence-electron chi connectivity index (χ3n) is 3.49. The minimum absolute atomic E-state index is 0.0170. The number of benzene rings is 1. The van der Waals surface area contributed by atoms with Crippen molar-refractivity contribution in [3.63, 3.8) is 0 Å². The number of amides is 1. The number of hydrogen-bond acceptors (Lipinski definition) is 2. The smallest absolute Gasteiger partial charge is 0.225 e. The second-order valence-corrected chi connectivity index (χ2v) is 6.50. The van der Waals surface area contributed by atoms with Gasteiger partial charge < -0.3 is 5.32 Å². The largest absolute Gasteiger partial charge is 0.328 e. The Morgan fingerprint density at radius 1 is 1.43 bits per heavy atom. The fraction of sp³-hybridized carbons (Fsp3) is 0.375. The van der Waals surface area contributed by atoms with Gasteiger partial charge in [0.15, 0.2) is 0 Å². The number of carbonyl (C=O) groups excluding carboxylic acids is 1. The first-order valence-corrected chi connectivity index (χ1v) is 7.02. The highest BCUT2D eigenvalue weighted by atomic mass is 35.5. The van der Waals surface area contributed by atoms with Crippen molar-refractivity contribution in [2.75, 3.05) is 0 Å². The van der Waals surface area contributed by atoms with Crippen LogP contribution in [0.25, 0.3) is 0 Å². The summed E-state index contributed by atoms with van der Waals surface area (Å²) in [5, 5.41) is 12.5. The molecule has 1 heterocycles. The highest BCUT2D eigenvalue weighted by molar-refractivity contribution is 6.31. The number of rotatable bonds is 1. The maximum atomic E-state index is 14.1. The Hall–Kier alpha value is -1.86. The summed E-state index contributed by atoms with van der Waals surface area (Å²) in [7, 11) is 0.